The van der Waals surface area contributed by atoms with E-state index in [2.05, 4.69) is 0 Å². The van der Waals surface area contributed by atoms with Crippen molar-refractivity contribution >= 4 is 34.7 Å². The van der Waals surface area contributed by atoms with Crippen molar-refractivity contribution in [3.05, 3.63) is 90.7 Å². The van der Waals surface area contributed by atoms with Crippen LogP contribution in [-0.4, -0.2) is 32.3 Å². The lowest BCUT2D eigenvalue weighted by Crippen LogP contribution is -2.22. The fraction of sp³-hybridized carbons (Fsp3) is 0.208. The highest BCUT2D eigenvalue weighted by molar-refractivity contribution is 7.17. The van der Waals surface area contributed by atoms with Gasteiger partial charge in [0, 0.05) is 24.0 Å². The third-order valence-electron chi connectivity index (χ3n) is 5.59. The van der Waals surface area contributed by atoms with Gasteiger partial charge in [0.05, 0.1) is 15.7 Å². The van der Waals surface area contributed by atoms with Gasteiger partial charge in [-0.05, 0) is 51.1 Å². The van der Waals surface area contributed by atoms with Crippen LogP contribution < -0.4 is 5.56 Å². The van der Waals surface area contributed by atoms with Crippen LogP contribution in [0.1, 0.15) is 37.1 Å². The summed E-state index contributed by atoms with van der Waals surface area (Å²) in [5.41, 5.74) is 3.53. The Labute approximate surface area is 199 Å². The zero-order chi connectivity index (χ0) is 23.9. The Morgan fingerprint density at radius 3 is 2.36 bits per heavy atom. The van der Waals surface area contributed by atoms with E-state index in [1.165, 1.54) is 0 Å². The van der Waals surface area contributed by atoms with E-state index >= 15 is 0 Å². The largest absolute Gasteiger partial charge is 0.453 e. The number of halogens is 1. The fourth-order valence-corrected chi connectivity index (χ4v) is 4.84. The minimum absolute atomic E-state index is 0.192. The molecular weight excluding hydrogens is 462 g/mol. The second-order valence-corrected chi connectivity index (χ2v) is 9.35. The van der Waals surface area contributed by atoms with Gasteiger partial charge >= 0.3 is 5.97 Å². The van der Waals surface area contributed by atoms with Gasteiger partial charge in [-0.15, -0.1) is 11.3 Å². The Hall–Kier alpha value is -3.36. The first kappa shape index (κ1) is 22.8. The molecule has 4 rings (SSSR count). The smallest absolute Gasteiger partial charge is 0.348 e. The monoisotopic (exact) mass is 483 g/mol. The summed E-state index contributed by atoms with van der Waals surface area (Å²) < 4.78 is 10.8. The zero-order valence-corrected chi connectivity index (χ0v) is 20.2. The van der Waals surface area contributed by atoms with Crippen LogP contribution in [0.3, 0.4) is 0 Å². The summed E-state index contributed by atoms with van der Waals surface area (Å²) in [4.78, 5) is 38.8. The molecule has 1 aromatic carbocycles. The minimum Gasteiger partial charge on any atom is -0.453 e. The van der Waals surface area contributed by atoms with E-state index in [0.29, 0.717) is 26.2 Å². The third-order valence-corrected chi connectivity index (χ3v) is 6.80. The number of carbonyl (C=O) groups is 2. The number of carbonyl (C=O) groups excluding carboxylic acids is 2. The lowest BCUT2D eigenvalue weighted by Gasteiger charge is -2.08. The maximum absolute atomic E-state index is 13.4. The first-order valence-corrected chi connectivity index (χ1v) is 11.4. The number of para-hydroxylation sites is 1. The quantitative estimate of drug-likeness (QED) is 0.295. The Morgan fingerprint density at radius 2 is 1.73 bits per heavy atom. The van der Waals surface area contributed by atoms with Crippen molar-refractivity contribution in [2.75, 3.05) is 6.61 Å². The molecule has 7 nitrogen and oxygen atoms in total. The van der Waals surface area contributed by atoms with E-state index in [-0.39, 0.29) is 11.3 Å². The summed E-state index contributed by atoms with van der Waals surface area (Å²) >= 11 is 6.94. The highest BCUT2D eigenvalue weighted by atomic mass is 35.5. The molecule has 0 bridgehead atoms. The highest BCUT2D eigenvalue weighted by Gasteiger charge is 2.24. The van der Waals surface area contributed by atoms with Gasteiger partial charge in [0.25, 0.3) is 5.56 Å². The molecule has 0 atom stereocenters. The molecule has 0 N–H and O–H groups in total. The van der Waals surface area contributed by atoms with Crippen molar-refractivity contribution in [3.8, 4) is 11.4 Å². The van der Waals surface area contributed by atoms with E-state index in [0.717, 1.165) is 28.4 Å². The number of ketones is 1. The van der Waals surface area contributed by atoms with Crippen LogP contribution in [-0.2, 0) is 11.8 Å². The number of rotatable bonds is 6. The molecule has 0 amide bonds. The predicted molar refractivity (Wildman–Crippen MR) is 128 cm³/mol. The van der Waals surface area contributed by atoms with Gasteiger partial charge in [0.2, 0.25) is 5.78 Å². The first-order chi connectivity index (χ1) is 15.7. The van der Waals surface area contributed by atoms with Gasteiger partial charge in [-0.3, -0.25) is 14.3 Å². The SMILES string of the molecule is Cc1cc(C(=O)COC(=O)c2ccc(Cl)s2)c(C)n1-c1c(C)n(C)n(-c2ccccc2)c1=O. The normalized spacial score (nSPS) is 11.1. The third kappa shape index (κ3) is 4.07. The van der Waals surface area contributed by atoms with Crippen molar-refractivity contribution in [2.45, 2.75) is 20.8 Å². The number of aryl methyl sites for hydroxylation is 1. The van der Waals surface area contributed by atoms with Gasteiger partial charge in [0.1, 0.15) is 10.6 Å². The summed E-state index contributed by atoms with van der Waals surface area (Å²) in [6.07, 6.45) is 0. The Bertz CT molecular complexity index is 1430. The molecule has 170 valence electrons. The van der Waals surface area contributed by atoms with Crippen LogP contribution in [0.4, 0.5) is 0 Å². The number of esters is 1. The van der Waals surface area contributed by atoms with Crippen LogP contribution in [0, 0.1) is 20.8 Å². The molecular formula is C24H22ClN3O4S. The van der Waals surface area contributed by atoms with E-state index in [1.807, 2.05) is 51.2 Å². The molecule has 4 aromatic rings. The van der Waals surface area contributed by atoms with Crippen LogP contribution in [0.25, 0.3) is 11.4 Å². The molecule has 0 unspecified atom stereocenters. The van der Waals surface area contributed by atoms with E-state index in [1.54, 1.807) is 39.1 Å². The van der Waals surface area contributed by atoms with E-state index in [9.17, 15) is 14.4 Å². The summed E-state index contributed by atoms with van der Waals surface area (Å²) in [6, 6.07) is 14.2. The molecule has 0 radical (unpaired) electrons. The van der Waals surface area contributed by atoms with Crippen LogP contribution >= 0.6 is 22.9 Å². The standard InChI is InChI=1S/C24H22ClN3O4S/c1-14-12-18(19(29)13-32-24(31)20-10-11-21(25)33-20)15(2)27(14)22-16(3)26(4)28(23(22)30)17-8-6-5-7-9-17/h5-12H,13H2,1-4H3. The molecule has 0 aliphatic heterocycles. The summed E-state index contributed by atoms with van der Waals surface area (Å²) in [7, 11) is 1.82. The molecule has 0 saturated carbocycles. The molecule has 3 aromatic heterocycles. The molecule has 9 heteroatoms. The Balaban J connectivity index is 1.67. The van der Waals surface area contributed by atoms with Crippen molar-refractivity contribution in [3.63, 3.8) is 0 Å². The first-order valence-electron chi connectivity index (χ1n) is 10.2. The number of ether oxygens (including phenoxy) is 1. The van der Waals surface area contributed by atoms with Crippen molar-refractivity contribution in [1.82, 2.24) is 13.9 Å². The van der Waals surface area contributed by atoms with Gasteiger partial charge in [0.15, 0.2) is 6.61 Å². The number of hydrogen-bond acceptors (Lipinski definition) is 5. The second-order valence-electron chi connectivity index (χ2n) is 7.63. The number of aromatic nitrogens is 3. The number of thiophene rings is 1. The Kier molecular flexibility index (Phi) is 6.14. The lowest BCUT2D eigenvalue weighted by atomic mass is 10.1. The van der Waals surface area contributed by atoms with Gasteiger partial charge in [-0.25, -0.2) is 9.48 Å². The molecule has 0 fully saturated rings. The molecule has 3 heterocycles. The maximum atomic E-state index is 13.4. The van der Waals surface area contributed by atoms with Gasteiger partial charge in [-0.1, -0.05) is 29.8 Å². The van der Waals surface area contributed by atoms with E-state index < -0.39 is 12.6 Å². The van der Waals surface area contributed by atoms with Gasteiger partial charge in [-0.2, -0.15) is 0 Å². The average molecular weight is 484 g/mol. The molecule has 0 aliphatic rings. The lowest BCUT2D eigenvalue weighted by molar-refractivity contribution is 0.0479. The predicted octanol–water partition coefficient (Wildman–Crippen LogP) is 4.65. The highest BCUT2D eigenvalue weighted by Crippen LogP contribution is 2.24. The van der Waals surface area contributed by atoms with Crippen LogP contribution in [0.5, 0.6) is 0 Å². The summed E-state index contributed by atoms with van der Waals surface area (Å²) in [6.45, 7) is 5.08. The average Bonchev–Trinajstić information content (AvgIpc) is 3.42. The number of benzene rings is 1. The number of Topliss-reactive ketones (excluding diaryl/α,β-unsaturated/α-hetero) is 1. The van der Waals surface area contributed by atoms with Crippen molar-refractivity contribution in [2.24, 2.45) is 7.05 Å². The molecule has 0 spiro atoms. The van der Waals surface area contributed by atoms with Crippen LogP contribution in [0.15, 0.2) is 53.3 Å². The maximum Gasteiger partial charge on any atom is 0.348 e. The number of nitrogens with zero attached hydrogens (tertiary/aromatic N) is 3. The molecule has 0 aliphatic carbocycles. The number of hydrogen-bond donors (Lipinski definition) is 0. The van der Waals surface area contributed by atoms with Crippen molar-refractivity contribution < 1.29 is 14.3 Å². The van der Waals surface area contributed by atoms with Gasteiger partial charge < -0.3 is 9.30 Å². The second kappa shape index (κ2) is 8.88. The summed E-state index contributed by atoms with van der Waals surface area (Å²) in [5, 5.41) is 0. The van der Waals surface area contributed by atoms with Crippen molar-refractivity contribution in [1.29, 1.82) is 0 Å². The molecule has 0 saturated heterocycles. The molecule has 33 heavy (non-hydrogen) atoms. The Morgan fingerprint density at radius 1 is 1.03 bits per heavy atom. The van der Waals surface area contributed by atoms with E-state index in [4.69, 9.17) is 16.3 Å². The topological polar surface area (TPSA) is 75.2 Å². The summed E-state index contributed by atoms with van der Waals surface area (Å²) in [5.74, 6) is -0.943. The van der Waals surface area contributed by atoms with Crippen LogP contribution in [0.2, 0.25) is 4.34 Å². The minimum atomic E-state index is -0.598. The fourth-order valence-electron chi connectivity index (χ4n) is 3.90. The zero-order valence-electron chi connectivity index (χ0n) is 18.6.